The van der Waals surface area contributed by atoms with E-state index >= 15 is 0 Å². The lowest BCUT2D eigenvalue weighted by Gasteiger charge is -2.38. The van der Waals surface area contributed by atoms with Crippen LogP contribution < -0.4 is 14.9 Å². The Hall–Kier alpha value is -3.61. The molecule has 0 unspecified atom stereocenters. The number of methoxy groups -OCH3 is 1. The molecule has 2 aliphatic rings. The molecule has 2 aliphatic heterocycles. The number of aliphatic hydroxyl groups is 3. The monoisotopic (exact) mass is 611 g/mol. The van der Waals surface area contributed by atoms with Gasteiger partial charge in [0.15, 0.2) is 5.76 Å². The van der Waals surface area contributed by atoms with Crippen molar-refractivity contribution < 1.29 is 44.2 Å². The molecule has 0 aliphatic carbocycles. The summed E-state index contributed by atoms with van der Waals surface area (Å²) in [5.41, 5.74) is 1.19. The number of fused-ring (bicyclic) bond motifs is 1. The zero-order chi connectivity index (χ0) is 31.7. The minimum absolute atomic E-state index is 0.00278. The number of benzene rings is 2. The number of phenolic OH excluding ortho intramolecular Hbond substituents is 2. The van der Waals surface area contributed by atoms with E-state index in [-0.39, 0.29) is 46.8 Å². The van der Waals surface area contributed by atoms with Crippen LogP contribution in [0.5, 0.6) is 23.0 Å². The number of ether oxygens (including phenoxy) is 3. The summed E-state index contributed by atoms with van der Waals surface area (Å²) in [6, 6.07) is 6.63. The lowest BCUT2D eigenvalue weighted by molar-refractivity contribution is -0.268. The number of phenols is 2. The highest BCUT2D eigenvalue weighted by Gasteiger charge is 2.44. The first kappa shape index (κ1) is 31.8. The standard InChI is InChI=1S/C33H41NO10/c1-17(2)8-13-21-25(36)22(16-34-14-6-5-7-15-34)26(37)23-27(38)32(44-33-29(40)28(39)24(35)18(3)42-33)30(43-31(21)23)19-9-11-20(41-4)12-10-19/h8-12,18,24,28-29,33,35-37,39-40H,5-7,13-16H2,1-4H3/t18-,24-,28+,29+,33-/m0/s1. The summed E-state index contributed by atoms with van der Waals surface area (Å²) in [5, 5.41) is 54.2. The lowest BCUT2D eigenvalue weighted by atomic mass is 9.97. The average molecular weight is 612 g/mol. The number of aromatic hydroxyl groups is 2. The van der Waals surface area contributed by atoms with Gasteiger partial charge >= 0.3 is 0 Å². The molecular formula is C33H41NO10. The summed E-state index contributed by atoms with van der Waals surface area (Å²) in [4.78, 5) is 16.5. The van der Waals surface area contributed by atoms with Gasteiger partial charge in [-0.2, -0.15) is 0 Å². The molecule has 1 aromatic heterocycles. The van der Waals surface area contributed by atoms with Crippen LogP contribution in [0.25, 0.3) is 22.3 Å². The molecule has 2 aromatic carbocycles. The van der Waals surface area contributed by atoms with Gasteiger partial charge in [-0.1, -0.05) is 18.1 Å². The first-order chi connectivity index (χ1) is 21.0. The summed E-state index contributed by atoms with van der Waals surface area (Å²) in [7, 11) is 1.52. The zero-order valence-electron chi connectivity index (χ0n) is 25.4. The van der Waals surface area contributed by atoms with Gasteiger partial charge in [-0.05, 0) is 77.4 Å². The molecule has 5 N–H and O–H groups in total. The van der Waals surface area contributed by atoms with Gasteiger partial charge < -0.3 is 44.2 Å². The maximum atomic E-state index is 14.4. The first-order valence-electron chi connectivity index (χ1n) is 14.9. The second-order valence-electron chi connectivity index (χ2n) is 11.8. The van der Waals surface area contributed by atoms with E-state index in [1.165, 1.54) is 14.0 Å². The minimum Gasteiger partial charge on any atom is -0.507 e. The number of allylic oxidation sites excluding steroid dienone is 2. The Balaban J connectivity index is 1.75. The fourth-order valence-electron chi connectivity index (χ4n) is 5.75. The normalized spacial score (nSPS) is 24.3. The van der Waals surface area contributed by atoms with Crippen LogP contribution in [0.1, 0.15) is 51.2 Å². The fourth-order valence-corrected chi connectivity index (χ4v) is 5.75. The van der Waals surface area contributed by atoms with Gasteiger partial charge in [-0.3, -0.25) is 9.69 Å². The molecule has 0 bridgehead atoms. The Bertz CT molecular complexity index is 1570. The van der Waals surface area contributed by atoms with Crippen LogP contribution in [-0.2, 0) is 17.7 Å². The molecule has 3 heterocycles. The topological polar surface area (TPSA) is 162 Å². The molecule has 5 rings (SSSR count). The second kappa shape index (κ2) is 13.2. The van der Waals surface area contributed by atoms with Crippen molar-refractivity contribution in [2.45, 2.75) is 83.7 Å². The van der Waals surface area contributed by atoms with Crippen LogP contribution in [0, 0.1) is 0 Å². The van der Waals surface area contributed by atoms with Gasteiger partial charge in [-0.25, -0.2) is 0 Å². The smallest absolute Gasteiger partial charge is 0.239 e. The van der Waals surface area contributed by atoms with Crippen LogP contribution >= 0.6 is 0 Å². The predicted molar refractivity (Wildman–Crippen MR) is 163 cm³/mol. The molecule has 2 saturated heterocycles. The predicted octanol–water partition coefficient (Wildman–Crippen LogP) is 3.58. The van der Waals surface area contributed by atoms with Crippen molar-refractivity contribution in [2.24, 2.45) is 0 Å². The average Bonchev–Trinajstić information content (AvgIpc) is 3.02. The van der Waals surface area contributed by atoms with Crippen molar-refractivity contribution in [3.63, 3.8) is 0 Å². The van der Waals surface area contributed by atoms with Gasteiger partial charge in [0.05, 0.1) is 18.8 Å². The molecule has 11 nitrogen and oxygen atoms in total. The molecule has 0 radical (unpaired) electrons. The van der Waals surface area contributed by atoms with E-state index in [0.29, 0.717) is 16.9 Å². The van der Waals surface area contributed by atoms with E-state index in [1.807, 2.05) is 19.9 Å². The SMILES string of the molecule is COc1ccc(-c2oc3c(CC=C(C)C)c(O)c(CN4CCCCC4)c(O)c3c(=O)c2O[C@@H]2O[C@@H](C)[C@H](O)[C@@H](O)[C@H]2O)cc1. The Morgan fingerprint density at radius 1 is 0.977 bits per heavy atom. The summed E-state index contributed by atoms with van der Waals surface area (Å²) in [6.45, 7) is 7.16. The highest BCUT2D eigenvalue weighted by molar-refractivity contribution is 5.93. The van der Waals surface area contributed by atoms with Crippen molar-refractivity contribution in [3.05, 3.63) is 57.3 Å². The molecule has 44 heavy (non-hydrogen) atoms. The van der Waals surface area contributed by atoms with Crippen molar-refractivity contribution >= 4 is 11.0 Å². The fraction of sp³-hybridized carbons (Fsp3) is 0.485. The third kappa shape index (κ3) is 6.15. The number of aliphatic hydroxyl groups excluding tert-OH is 3. The van der Waals surface area contributed by atoms with E-state index in [1.54, 1.807) is 24.3 Å². The minimum atomic E-state index is -1.70. The van der Waals surface area contributed by atoms with Crippen molar-refractivity contribution in [3.8, 4) is 34.3 Å². The van der Waals surface area contributed by atoms with Crippen molar-refractivity contribution in [1.29, 1.82) is 0 Å². The molecule has 3 aromatic rings. The number of rotatable bonds is 8. The molecule has 0 saturated carbocycles. The van der Waals surface area contributed by atoms with E-state index in [2.05, 4.69) is 4.90 Å². The maximum Gasteiger partial charge on any atom is 0.239 e. The van der Waals surface area contributed by atoms with Gasteiger partial charge in [-0.15, -0.1) is 0 Å². The van der Waals surface area contributed by atoms with Crippen LogP contribution in [0.3, 0.4) is 0 Å². The van der Waals surface area contributed by atoms with E-state index < -0.39 is 41.9 Å². The maximum absolute atomic E-state index is 14.4. The molecule has 0 spiro atoms. The molecule has 5 atom stereocenters. The molecule has 0 amide bonds. The largest absolute Gasteiger partial charge is 0.507 e. The van der Waals surface area contributed by atoms with E-state index in [9.17, 15) is 30.3 Å². The highest BCUT2D eigenvalue weighted by atomic mass is 16.7. The Kier molecular flexibility index (Phi) is 9.52. The Labute approximate surface area is 255 Å². The van der Waals surface area contributed by atoms with Crippen LogP contribution in [0.15, 0.2) is 45.1 Å². The highest BCUT2D eigenvalue weighted by Crippen LogP contribution is 2.44. The number of hydrogen-bond acceptors (Lipinski definition) is 11. The van der Waals surface area contributed by atoms with Gasteiger partial charge in [0.25, 0.3) is 0 Å². The summed E-state index contributed by atoms with van der Waals surface area (Å²) < 4.78 is 23.3. The number of hydrogen-bond donors (Lipinski definition) is 5. The first-order valence-corrected chi connectivity index (χ1v) is 14.9. The van der Waals surface area contributed by atoms with Crippen molar-refractivity contribution in [1.82, 2.24) is 4.90 Å². The van der Waals surface area contributed by atoms with Gasteiger partial charge in [0.2, 0.25) is 17.5 Å². The Morgan fingerprint density at radius 3 is 2.30 bits per heavy atom. The molecule has 11 heteroatoms. The van der Waals surface area contributed by atoms with Crippen LogP contribution in [0.4, 0.5) is 0 Å². The second-order valence-corrected chi connectivity index (χ2v) is 11.8. The lowest BCUT2D eigenvalue weighted by Crippen LogP contribution is -2.58. The van der Waals surface area contributed by atoms with E-state index in [0.717, 1.165) is 37.9 Å². The molecular weight excluding hydrogens is 570 g/mol. The third-order valence-corrected chi connectivity index (χ3v) is 8.38. The van der Waals surface area contributed by atoms with Crippen molar-refractivity contribution in [2.75, 3.05) is 20.2 Å². The Morgan fingerprint density at radius 2 is 1.66 bits per heavy atom. The third-order valence-electron chi connectivity index (χ3n) is 8.38. The quantitative estimate of drug-likeness (QED) is 0.237. The van der Waals surface area contributed by atoms with E-state index in [4.69, 9.17) is 18.6 Å². The van der Waals surface area contributed by atoms with Crippen LogP contribution in [0.2, 0.25) is 0 Å². The molecule has 238 valence electrons. The number of nitrogens with zero attached hydrogens (tertiary/aromatic N) is 1. The number of piperidine rings is 1. The summed E-state index contributed by atoms with van der Waals surface area (Å²) >= 11 is 0. The zero-order valence-corrected chi connectivity index (χ0v) is 25.4. The van der Waals surface area contributed by atoms with Gasteiger partial charge in [0, 0.05) is 17.7 Å². The molecule has 2 fully saturated rings. The summed E-state index contributed by atoms with van der Waals surface area (Å²) in [5.74, 6) is -0.431. The number of likely N-dealkylation sites (tertiary alicyclic amines) is 1. The van der Waals surface area contributed by atoms with Crippen LogP contribution in [-0.4, -0.2) is 81.3 Å². The summed E-state index contributed by atoms with van der Waals surface area (Å²) in [6.07, 6.45) is -1.92. The van der Waals surface area contributed by atoms with Gasteiger partial charge in [0.1, 0.15) is 46.5 Å².